The molecule has 1 N–H and O–H groups in total. The zero-order chi connectivity index (χ0) is 27.3. The molecule has 0 unspecified atom stereocenters. The lowest BCUT2D eigenvalue weighted by atomic mass is 9.42. The van der Waals surface area contributed by atoms with Crippen molar-refractivity contribution in [2.45, 2.75) is 142 Å². The highest BCUT2D eigenvalue weighted by Crippen LogP contribution is 2.69. The first-order valence-corrected chi connectivity index (χ1v) is 18.1. The zero-order valence-electron chi connectivity index (χ0n) is 24.8. The molecule has 5 fully saturated rings. The quantitative estimate of drug-likeness (QED) is 0.344. The lowest BCUT2D eigenvalue weighted by molar-refractivity contribution is -0.152. The van der Waals surface area contributed by atoms with Crippen molar-refractivity contribution in [2.24, 2.45) is 52.3 Å². The number of aliphatic hydroxyl groups excluding tert-OH is 1. The summed E-state index contributed by atoms with van der Waals surface area (Å²) in [4.78, 5) is 12.8. The second-order valence-electron chi connectivity index (χ2n) is 15.2. The standard InChI is InChI=1S/C33H56O4S/c1-5-23-19-27-29-14-13-28(22(2)11-12-25(35)21-38(36,37)26-9-7-6-8-10-26)32(29,3)18-16-30(27)33(4)17-15-24(34)20-31(23)33/h22-24,26-31,34H,5-21H2,1-4H3/t22-,23+,24-,27+,28-,29+,30+,31+,32-,33-/m1/s1. The molecular formula is C33H56O4S. The molecule has 5 saturated carbocycles. The van der Waals surface area contributed by atoms with Crippen LogP contribution in [-0.4, -0.2) is 36.4 Å². The van der Waals surface area contributed by atoms with E-state index in [1.807, 2.05) is 0 Å². The Balaban J connectivity index is 1.22. The van der Waals surface area contributed by atoms with Gasteiger partial charge in [0, 0.05) is 6.42 Å². The summed E-state index contributed by atoms with van der Waals surface area (Å²) in [5.41, 5.74) is 0.748. The van der Waals surface area contributed by atoms with E-state index >= 15 is 0 Å². The van der Waals surface area contributed by atoms with Gasteiger partial charge in [0.15, 0.2) is 9.84 Å². The van der Waals surface area contributed by atoms with Crippen LogP contribution in [-0.2, 0) is 14.6 Å². The number of fused-ring (bicyclic) bond motifs is 5. The van der Waals surface area contributed by atoms with Crippen molar-refractivity contribution >= 4 is 15.6 Å². The second-order valence-corrected chi connectivity index (χ2v) is 17.5. The van der Waals surface area contributed by atoms with E-state index in [0.717, 1.165) is 75.0 Å². The summed E-state index contributed by atoms with van der Waals surface area (Å²) in [7, 11) is -3.29. The van der Waals surface area contributed by atoms with Crippen molar-refractivity contribution < 1.29 is 18.3 Å². The molecule has 5 aliphatic rings. The van der Waals surface area contributed by atoms with Crippen molar-refractivity contribution in [3.63, 3.8) is 0 Å². The Labute approximate surface area is 233 Å². The van der Waals surface area contributed by atoms with Crippen LogP contribution >= 0.6 is 0 Å². The average Bonchev–Trinajstić information content (AvgIpc) is 3.25. The Kier molecular flexibility index (Phi) is 8.50. The Morgan fingerprint density at radius 3 is 2.29 bits per heavy atom. The number of rotatable bonds is 8. The van der Waals surface area contributed by atoms with Gasteiger partial charge in [0.05, 0.1) is 11.4 Å². The van der Waals surface area contributed by atoms with Gasteiger partial charge in [-0.15, -0.1) is 0 Å². The molecule has 0 bridgehead atoms. The fraction of sp³-hybridized carbons (Fsp3) is 0.970. The number of sulfone groups is 1. The first-order chi connectivity index (χ1) is 18.0. The Hall–Kier alpha value is -0.420. The number of ketones is 1. The molecule has 0 heterocycles. The van der Waals surface area contributed by atoms with E-state index in [0.29, 0.717) is 35.0 Å². The molecule has 0 aliphatic heterocycles. The fourth-order valence-electron chi connectivity index (χ4n) is 11.3. The summed E-state index contributed by atoms with van der Waals surface area (Å²) in [6.07, 6.45) is 16.8. The smallest absolute Gasteiger partial charge is 0.160 e. The van der Waals surface area contributed by atoms with Gasteiger partial charge in [-0.3, -0.25) is 4.79 Å². The van der Waals surface area contributed by atoms with Crippen LogP contribution in [0.15, 0.2) is 0 Å². The van der Waals surface area contributed by atoms with Gasteiger partial charge in [-0.25, -0.2) is 8.42 Å². The topological polar surface area (TPSA) is 71.4 Å². The minimum absolute atomic E-state index is 0.0534. The maximum absolute atomic E-state index is 12.8. The summed E-state index contributed by atoms with van der Waals surface area (Å²) in [5.74, 6) is 4.68. The van der Waals surface area contributed by atoms with E-state index < -0.39 is 9.84 Å². The number of carbonyl (C=O) groups is 1. The van der Waals surface area contributed by atoms with Crippen molar-refractivity contribution in [3.05, 3.63) is 0 Å². The Morgan fingerprint density at radius 2 is 1.58 bits per heavy atom. The fourth-order valence-corrected chi connectivity index (χ4v) is 13.2. The highest BCUT2D eigenvalue weighted by molar-refractivity contribution is 7.92. The minimum Gasteiger partial charge on any atom is -0.393 e. The number of Topliss-reactive ketones (excluding diaryl/α,β-unsaturated/α-hetero) is 1. The highest BCUT2D eigenvalue weighted by Gasteiger charge is 2.62. The Morgan fingerprint density at radius 1 is 0.895 bits per heavy atom. The van der Waals surface area contributed by atoms with Crippen molar-refractivity contribution in [2.75, 3.05) is 5.75 Å². The number of hydrogen-bond acceptors (Lipinski definition) is 4. The number of aliphatic hydroxyl groups is 1. The maximum atomic E-state index is 12.8. The van der Waals surface area contributed by atoms with Gasteiger partial charge in [0.2, 0.25) is 0 Å². The average molecular weight is 549 g/mol. The summed E-state index contributed by atoms with van der Waals surface area (Å²) in [6, 6.07) is 0. The van der Waals surface area contributed by atoms with Crippen LogP contribution in [0.3, 0.4) is 0 Å². The van der Waals surface area contributed by atoms with Crippen LogP contribution in [0.25, 0.3) is 0 Å². The summed E-state index contributed by atoms with van der Waals surface area (Å²) < 4.78 is 25.7. The van der Waals surface area contributed by atoms with Gasteiger partial charge in [0.1, 0.15) is 11.5 Å². The monoisotopic (exact) mass is 548 g/mol. The molecule has 5 heteroatoms. The molecule has 5 aliphatic carbocycles. The van der Waals surface area contributed by atoms with Gasteiger partial charge < -0.3 is 5.11 Å². The van der Waals surface area contributed by atoms with Crippen LogP contribution in [0.1, 0.15) is 130 Å². The van der Waals surface area contributed by atoms with Crippen LogP contribution in [0.5, 0.6) is 0 Å². The Bertz CT molecular complexity index is 954. The van der Waals surface area contributed by atoms with Gasteiger partial charge in [-0.1, -0.05) is 53.4 Å². The third-order valence-electron chi connectivity index (χ3n) is 13.4. The molecular weight excluding hydrogens is 492 g/mol. The molecule has 0 spiro atoms. The van der Waals surface area contributed by atoms with Crippen LogP contribution in [0, 0.1) is 52.3 Å². The van der Waals surface area contributed by atoms with Crippen molar-refractivity contribution in [1.82, 2.24) is 0 Å². The molecule has 0 aromatic heterocycles. The summed E-state index contributed by atoms with van der Waals surface area (Å²) in [6.45, 7) is 9.90. The molecule has 0 aromatic carbocycles. The first kappa shape index (κ1) is 29.1. The normalized spacial score (nSPS) is 44.6. The number of carbonyl (C=O) groups excluding carboxylic acids is 1. The van der Waals surface area contributed by atoms with E-state index in [-0.39, 0.29) is 22.9 Å². The van der Waals surface area contributed by atoms with E-state index in [1.165, 1.54) is 44.9 Å². The molecule has 38 heavy (non-hydrogen) atoms. The van der Waals surface area contributed by atoms with Crippen LogP contribution < -0.4 is 0 Å². The highest BCUT2D eigenvalue weighted by atomic mass is 32.2. The molecule has 0 aromatic rings. The summed E-state index contributed by atoms with van der Waals surface area (Å²) >= 11 is 0. The molecule has 0 amide bonds. The van der Waals surface area contributed by atoms with Gasteiger partial charge in [-0.2, -0.15) is 0 Å². The molecule has 0 saturated heterocycles. The predicted molar refractivity (Wildman–Crippen MR) is 154 cm³/mol. The van der Waals surface area contributed by atoms with Gasteiger partial charge >= 0.3 is 0 Å². The predicted octanol–water partition coefficient (Wildman–Crippen LogP) is 7.38. The third-order valence-corrected chi connectivity index (χ3v) is 15.6. The van der Waals surface area contributed by atoms with Crippen LogP contribution in [0.4, 0.5) is 0 Å². The number of hydrogen-bond donors (Lipinski definition) is 1. The zero-order valence-corrected chi connectivity index (χ0v) is 25.6. The van der Waals surface area contributed by atoms with Crippen molar-refractivity contribution in [1.29, 1.82) is 0 Å². The second kappa shape index (κ2) is 11.1. The van der Waals surface area contributed by atoms with E-state index in [9.17, 15) is 18.3 Å². The van der Waals surface area contributed by atoms with Crippen LogP contribution in [0.2, 0.25) is 0 Å². The SMILES string of the molecule is CC[C@H]1C[C@@H]2[C@H](CC[C@]3(C)[C@@H]([C@H](C)CCC(=O)CS(=O)(=O)C4CCCCC4)CC[C@@H]23)[C@@]2(C)CC[C@@H](O)C[C@@H]12. The third kappa shape index (κ3) is 5.19. The molecule has 218 valence electrons. The summed E-state index contributed by atoms with van der Waals surface area (Å²) in [5, 5.41) is 10.2. The molecule has 5 rings (SSSR count). The molecule has 4 nitrogen and oxygen atoms in total. The lowest BCUT2D eigenvalue weighted by Crippen LogP contribution is -2.56. The van der Waals surface area contributed by atoms with Gasteiger partial charge in [0.25, 0.3) is 0 Å². The van der Waals surface area contributed by atoms with Crippen molar-refractivity contribution in [3.8, 4) is 0 Å². The molecule has 0 radical (unpaired) electrons. The van der Waals surface area contributed by atoms with E-state index in [1.54, 1.807) is 0 Å². The van der Waals surface area contributed by atoms with E-state index in [4.69, 9.17) is 0 Å². The minimum atomic E-state index is -3.29. The van der Waals surface area contributed by atoms with E-state index in [2.05, 4.69) is 27.7 Å². The largest absolute Gasteiger partial charge is 0.393 e. The maximum Gasteiger partial charge on any atom is 0.160 e. The van der Waals surface area contributed by atoms with Gasteiger partial charge in [-0.05, 0) is 123 Å². The lowest BCUT2D eigenvalue weighted by Gasteiger charge is -2.63. The first-order valence-electron chi connectivity index (χ1n) is 16.4. The molecule has 10 atom stereocenters.